The van der Waals surface area contributed by atoms with Crippen LogP contribution in [0, 0.1) is 0 Å². The van der Waals surface area contributed by atoms with Gasteiger partial charge in [0.15, 0.2) is 0 Å². The van der Waals surface area contributed by atoms with Crippen LogP contribution < -0.4 is 0 Å². The molecule has 26 valence electrons. The second kappa shape index (κ2) is 8.88. The number of alkyl halides is 1. The van der Waals surface area contributed by atoms with Crippen molar-refractivity contribution >= 4 is 47.4 Å². The second-order valence-electron chi connectivity index (χ2n) is 0.321. The average molecular weight is 102 g/mol. The average Bonchev–Trinajstić information content (AvgIpc) is 1.37. The summed E-state index contributed by atoms with van der Waals surface area (Å²) in [5.74, 6) is 0.111. The Morgan fingerprint density at radius 3 is 2.00 bits per heavy atom. The SMILES string of the molecule is O=CCCl.[NaH]. The van der Waals surface area contributed by atoms with Crippen molar-refractivity contribution in [1.29, 1.82) is 0 Å². The minimum absolute atomic E-state index is 0. The number of hydrogen-bond donors (Lipinski definition) is 0. The summed E-state index contributed by atoms with van der Waals surface area (Å²) in [6, 6.07) is 0. The molecule has 0 unspecified atom stereocenters. The van der Waals surface area contributed by atoms with Gasteiger partial charge in [-0.25, -0.2) is 0 Å². The quantitative estimate of drug-likeness (QED) is 0.254. The summed E-state index contributed by atoms with van der Waals surface area (Å²) in [6.45, 7) is 0. The fourth-order valence-electron chi connectivity index (χ4n) is 0. The summed E-state index contributed by atoms with van der Waals surface area (Å²) in [6.07, 6.45) is 0.640. The van der Waals surface area contributed by atoms with Gasteiger partial charge in [-0.05, 0) is 0 Å². The van der Waals surface area contributed by atoms with E-state index in [0.29, 0.717) is 6.29 Å². The Morgan fingerprint density at radius 1 is 1.80 bits per heavy atom. The Labute approximate surface area is 58.0 Å². The maximum atomic E-state index is 9.04. The van der Waals surface area contributed by atoms with Gasteiger partial charge in [0.2, 0.25) is 0 Å². The van der Waals surface area contributed by atoms with E-state index < -0.39 is 0 Å². The van der Waals surface area contributed by atoms with Gasteiger partial charge in [0.05, 0.1) is 5.88 Å². The molecule has 0 aliphatic carbocycles. The molecule has 0 bridgehead atoms. The molecule has 0 radical (unpaired) electrons. The standard InChI is InChI=1S/C2H3ClO.Na.H/c3-1-2-4;;/h2H,1H2;;. The van der Waals surface area contributed by atoms with Crippen molar-refractivity contribution in [2.24, 2.45) is 0 Å². The topological polar surface area (TPSA) is 17.1 Å². The van der Waals surface area contributed by atoms with Gasteiger partial charge >= 0.3 is 29.6 Å². The molecule has 0 aromatic rings. The predicted molar refractivity (Wildman–Crippen MR) is 23.9 cm³/mol. The van der Waals surface area contributed by atoms with Gasteiger partial charge in [0.25, 0.3) is 0 Å². The van der Waals surface area contributed by atoms with E-state index in [4.69, 9.17) is 16.4 Å². The monoisotopic (exact) mass is 102 g/mol. The van der Waals surface area contributed by atoms with E-state index in [9.17, 15) is 0 Å². The van der Waals surface area contributed by atoms with Gasteiger partial charge in [0, 0.05) is 0 Å². The fraction of sp³-hybridized carbons (Fsp3) is 0.500. The van der Waals surface area contributed by atoms with E-state index >= 15 is 0 Å². The molecule has 0 aliphatic heterocycles. The van der Waals surface area contributed by atoms with E-state index in [1.807, 2.05) is 0 Å². The van der Waals surface area contributed by atoms with Gasteiger partial charge in [-0.15, -0.1) is 11.6 Å². The van der Waals surface area contributed by atoms with Crippen LogP contribution in [-0.2, 0) is 4.79 Å². The number of carbonyl (C=O) groups excluding carboxylic acids is 1. The summed E-state index contributed by atoms with van der Waals surface area (Å²) in [5.41, 5.74) is 0. The molecule has 0 amide bonds. The fourth-order valence-corrected chi connectivity index (χ4v) is 0. The van der Waals surface area contributed by atoms with Crippen LogP contribution in [0.1, 0.15) is 0 Å². The zero-order valence-corrected chi connectivity index (χ0v) is 2.83. The van der Waals surface area contributed by atoms with Crippen molar-refractivity contribution in [1.82, 2.24) is 0 Å². The molecule has 0 aliphatic rings. The summed E-state index contributed by atoms with van der Waals surface area (Å²) in [4.78, 5) is 9.04. The molecule has 0 saturated heterocycles. The Kier molecular flexibility index (Phi) is 16.6. The number of hydrogen-bond acceptors (Lipinski definition) is 1. The first-order valence-electron chi connectivity index (χ1n) is 0.911. The van der Waals surface area contributed by atoms with Crippen molar-refractivity contribution < 1.29 is 4.79 Å². The molecule has 0 N–H and O–H groups in total. The summed E-state index contributed by atoms with van der Waals surface area (Å²) < 4.78 is 0. The van der Waals surface area contributed by atoms with E-state index in [2.05, 4.69) is 0 Å². The number of carbonyl (C=O) groups is 1. The first-order valence-corrected chi connectivity index (χ1v) is 1.45. The van der Waals surface area contributed by atoms with E-state index in [-0.39, 0.29) is 35.4 Å². The number of aldehydes is 1. The molecule has 0 aromatic heterocycles. The summed E-state index contributed by atoms with van der Waals surface area (Å²) in [7, 11) is 0. The molecule has 5 heavy (non-hydrogen) atoms. The first kappa shape index (κ1) is 9.35. The van der Waals surface area contributed by atoms with Crippen LogP contribution in [0.3, 0.4) is 0 Å². The molecule has 0 atom stereocenters. The molecule has 3 heteroatoms. The van der Waals surface area contributed by atoms with Crippen LogP contribution in [0.25, 0.3) is 0 Å². The molecule has 0 rings (SSSR count). The van der Waals surface area contributed by atoms with Gasteiger partial charge in [0.1, 0.15) is 6.29 Å². The van der Waals surface area contributed by atoms with Crippen molar-refractivity contribution in [2.75, 3.05) is 5.88 Å². The molecule has 0 saturated carbocycles. The third kappa shape index (κ3) is 11.3. The second-order valence-corrected chi connectivity index (χ2v) is 0.630. The zero-order chi connectivity index (χ0) is 3.41. The van der Waals surface area contributed by atoms with Crippen molar-refractivity contribution in [3.8, 4) is 0 Å². The Morgan fingerprint density at radius 2 is 2.00 bits per heavy atom. The van der Waals surface area contributed by atoms with Crippen LogP contribution >= 0.6 is 11.6 Å². The summed E-state index contributed by atoms with van der Waals surface area (Å²) in [5, 5.41) is 0. The third-order valence-corrected chi connectivity index (χ3v) is 0.189. The number of halogens is 1. The van der Waals surface area contributed by atoms with E-state index in [0.717, 1.165) is 0 Å². The van der Waals surface area contributed by atoms with Crippen LogP contribution in [0.4, 0.5) is 0 Å². The molecular formula is C2H4ClNaO. The van der Waals surface area contributed by atoms with Crippen LogP contribution in [0.2, 0.25) is 0 Å². The molecule has 0 spiro atoms. The Bertz CT molecular complexity index is 23.6. The van der Waals surface area contributed by atoms with E-state index in [1.165, 1.54) is 0 Å². The van der Waals surface area contributed by atoms with Crippen molar-refractivity contribution in [3.63, 3.8) is 0 Å². The maximum absolute atomic E-state index is 9.04. The predicted octanol–water partition coefficient (Wildman–Crippen LogP) is -0.224. The van der Waals surface area contributed by atoms with Crippen LogP contribution in [0.15, 0.2) is 0 Å². The molecule has 0 heterocycles. The van der Waals surface area contributed by atoms with E-state index in [1.54, 1.807) is 0 Å². The van der Waals surface area contributed by atoms with Crippen LogP contribution in [0.5, 0.6) is 0 Å². The third-order valence-electron chi connectivity index (χ3n) is 0.0630. The Hall–Kier alpha value is 0.960. The molecule has 0 fully saturated rings. The minimum atomic E-state index is 0. The van der Waals surface area contributed by atoms with Crippen molar-refractivity contribution in [3.05, 3.63) is 0 Å². The van der Waals surface area contributed by atoms with Crippen LogP contribution in [-0.4, -0.2) is 41.7 Å². The Balaban J connectivity index is 0. The zero-order valence-electron chi connectivity index (χ0n) is 2.07. The molecule has 1 nitrogen and oxygen atoms in total. The normalized spacial score (nSPS) is 5.00. The van der Waals surface area contributed by atoms with Crippen molar-refractivity contribution in [2.45, 2.75) is 0 Å². The van der Waals surface area contributed by atoms with Gasteiger partial charge < -0.3 is 4.79 Å². The molecule has 0 aromatic carbocycles. The van der Waals surface area contributed by atoms with Gasteiger partial charge in [-0.3, -0.25) is 0 Å². The van der Waals surface area contributed by atoms with Gasteiger partial charge in [-0.2, -0.15) is 0 Å². The summed E-state index contributed by atoms with van der Waals surface area (Å²) >= 11 is 4.82. The number of rotatable bonds is 1. The van der Waals surface area contributed by atoms with Gasteiger partial charge in [-0.1, -0.05) is 0 Å². The molecular weight excluding hydrogens is 98.5 g/mol. The first-order chi connectivity index (χ1) is 1.91.